The van der Waals surface area contributed by atoms with Gasteiger partial charge in [-0.2, -0.15) is 0 Å². The molecule has 0 fully saturated rings. The molecule has 0 bridgehead atoms. The molecule has 0 saturated heterocycles. The second kappa shape index (κ2) is 6.12. The molecule has 1 aromatic carbocycles. The molecule has 0 aliphatic rings. The smallest absolute Gasteiger partial charge is 0.258 e. The summed E-state index contributed by atoms with van der Waals surface area (Å²) in [5.41, 5.74) is 1.08. The molecular weight excluding hydrogens is 206 g/mol. The van der Waals surface area contributed by atoms with Gasteiger partial charge in [0.05, 0.1) is 6.61 Å². The van der Waals surface area contributed by atoms with Crippen molar-refractivity contribution in [2.24, 2.45) is 0 Å². The fraction of sp³-hybridized carbons (Fsp3) is 0.417. The van der Waals surface area contributed by atoms with Crippen molar-refractivity contribution in [3.8, 4) is 5.75 Å². The summed E-state index contributed by atoms with van der Waals surface area (Å²) in [4.78, 5) is 11.3. The van der Waals surface area contributed by atoms with Crippen molar-refractivity contribution in [1.29, 1.82) is 0 Å². The number of amides is 1. The predicted octanol–water partition coefficient (Wildman–Crippen LogP) is 0.871. The molecule has 88 valence electrons. The molecule has 0 aromatic heterocycles. The van der Waals surface area contributed by atoms with Crippen LogP contribution in [-0.2, 0) is 4.79 Å². The first kappa shape index (κ1) is 12.5. The zero-order chi connectivity index (χ0) is 12.0. The molecule has 0 aliphatic heterocycles. The maximum Gasteiger partial charge on any atom is 0.258 e. The quantitative estimate of drug-likeness (QED) is 0.778. The van der Waals surface area contributed by atoms with E-state index in [0.717, 1.165) is 5.56 Å². The molecule has 0 aliphatic carbocycles. The number of nitrogens with one attached hydrogen (secondary N) is 1. The number of carbonyl (C=O) groups is 1. The van der Waals surface area contributed by atoms with Crippen LogP contribution in [0.25, 0.3) is 0 Å². The van der Waals surface area contributed by atoms with Crippen LogP contribution in [0.2, 0.25) is 0 Å². The average molecular weight is 223 g/mol. The zero-order valence-electron chi connectivity index (χ0n) is 9.56. The lowest BCUT2D eigenvalue weighted by Crippen LogP contribution is -2.38. The highest BCUT2D eigenvalue weighted by Gasteiger charge is 2.06. The zero-order valence-corrected chi connectivity index (χ0v) is 9.56. The first-order chi connectivity index (χ1) is 7.61. The van der Waals surface area contributed by atoms with E-state index in [1.165, 1.54) is 0 Å². The maximum atomic E-state index is 11.3. The van der Waals surface area contributed by atoms with Crippen molar-refractivity contribution < 1.29 is 14.6 Å². The van der Waals surface area contributed by atoms with E-state index in [-0.39, 0.29) is 25.2 Å². The summed E-state index contributed by atoms with van der Waals surface area (Å²) in [7, 11) is 0. The van der Waals surface area contributed by atoms with E-state index in [2.05, 4.69) is 5.32 Å². The van der Waals surface area contributed by atoms with Crippen LogP contribution in [0.15, 0.2) is 24.3 Å². The molecule has 4 heteroatoms. The van der Waals surface area contributed by atoms with Crippen molar-refractivity contribution >= 4 is 5.91 Å². The van der Waals surface area contributed by atoms with Crippen LogP contribution in [0.4, 0.5) is 0 Å². The molecule has 0 heterocycles. The summed E-state index contributed by atoms with van der Waals surface area (Å²) in [5.74, 6) is 0.440. The summed E-state index contributed by atoms with van der Waals surface area (Å²) in [6.07, 6.45) is 0. The van der Waals surface area contributed by atoms with Gasteiger partial charge in [0.1, 0.15) is 5.75 Å². The summed E-state index contributed by atoms with van der Waals surface area (Å²) < 4.78 is 5.30. The predicted molar refractivity (Wildman–Crippen MR) is 61.4 cm³/mol. The van der Waals surface area contributed by atoms with Gasteiger partial charge in [-0.1, -0.05) is 12.1 Å². The second-order valence-corrected chi connectivity index (χ2v) is 3.76. The lowest BCUT2D eigenvalue weighted by Gasteiger charge is -2.11. The summed E-state index contributed by atoms with van der Waals surface area (Å²) in [5, 5.41) is 11.4. The van der Waals surface area contributed by atoms with Crippen molar-refractivity contribution in [2.75, 3.05) is 13.2 Å². The lowest BCUT2D eigenvalue weighted by molar-refractivity contribution is -0.123. The molecule has 0 spiro atoms. The number of ether oxygens (including phenoxy) is 1. The van der Waals surface area contributed by atoms with E-state index in [9.17, 15) is 4.79 Å². The van der Waals surface area contributed by atoms with E-state index < -0.39 is 0 Å². The Morgan fingerprint density at radius 2 is 2.31 bits per heavy atom. The van der Waals surface area contributed by atoms with Gasteiger partial charge in [-0.05, 0) is 31.5 Å². The van der Waals surface area contributed by atoms with E-state index in [1.807, 2.05) is 25.1 Å². The fourth-order valence-corrected chi connectivity index (χ4v) is 1.22. The van der Waals surface area contributed by atoms with Gasteiger partial charge in [0, 0.05) is 6.04 Å². The SMILES string of the molecule is Cc1cccc(OCC(=O)NC(C)CO)c1. The molecule has 16 heavy (non-hydrogen) atoms. The topological polar surface area (TPSA) is 58.6 Å². The Morgan fingerprint density at radius 1 is 1.56 bits per heavy atom. The molecule has 4 nitrogen and oxygen atoms in total. The molecule has 1 aromatic rings. The number of carbonyl (C=O) groups excluding carboxylic acids is 1. The highest BCUT2D eigenvalue weighted by atomic mass is 16.5. The van der Waals surface area contributed by atoms with Crippen LogP contribution in [0.3, 0.4) is 0 Å². The molecule has 0 saturated carbocycles. The van der Waals surface area contributed by atoms with Gasteiger partial charge in [0.25, 0.3) is 5.91 Å². The van der Waals surface area contributed by atoms with Crippen molar-refractivity contribution in [2.45, 2.75) is 19.9 Å². The highest BCUT2D eigenvalue weighted by molar-refractivity contribution is 5.77. The molecule has 0 radical (unpaired) electrons. The number of hydrogen-bond donors (Lipinski definition) is 2. The summed E-state index contributed by atoms with van der Waals surface area (Å²) in [6.45, 7) is 3.58. The number of hydrogen-bond acceptors (Lipinski definition) is 3. The lowest BCUT2D eigenvalue weighted by atomic mass is 10.2. The molecule has 2 N–H and O–H groups in total. The van der Waals surface area contributed by atoms with E-state index in [4.69, 9.17) is 9.84 Å². The first-order valence-electron chi connectivity index (χ1n) is 5.21. The Balaban J connectivity index is 2.37. The van der Waals surface area contributed by atoms with Crippen molar-refractivity contribution in [3.63, 3.8) is 0 Å². The van der Waals surface area contributed by atoms with E-state index >= 15 is 0 Å². The Bertz CT molecular complexity index is 352. The van der Waals surface area contributed by atoms with Gasteiger partial charge in [-0.3, -0.25) is 4.79 Å². The van der Waals surface area contributed by atoms with Crippen molar-refractivity contribution in [1.82, 2.24) is 5.32 Å². The third-order valence-corrected chi connectivity index (χ3v) is 2.04. The molecule has 1 unspecified atom stereocenters. The van der Waals surface area contributed by atoms with Gasteiger partial charge in [-0.25, -0.2) is 0 Å². The van der Waals surface area contributed by atoms with Gasteiger partial charge in [0.15, 0.2) is 6.61 Å². The van der Waals surface area contributed by atoms with Crippen molar-refractivity contribution in [3.05, 3.63) is 29.8 Å². The molecule has 1 atom stereocenters. The maximum absolute atomic E-state index is 11.3. The van der Waals surface area contributed by atoms with Crippen LogP contribution >= 0.6 is 0 Å². The molecule has 1 rings (SSSR count). The summed E-state index contributed by atoms with van der Waals surface area (Å²) >= 11 is 0. The first-order valence-corrected chi connectivity index (χ1v) is 5.21. The van der Waals surface area contributed by atoms with Gasteiger partial charge in [-0.15, -0.1) is 0 Å². The van der Waals surface area contributed by atoms with E-state index in [0.29, 0.717) is 5.75 Å². The number of aryl methyl sites for hydroxylation is 1. The highest BCUT2D eigenvalue weighted by Crippen LogP contribution is 2.11. The normalized spacial score (nSPS) is 11.9. The van der Waals surface area contributed by atoms with E-state index in [1.54, 1.807) is 13.0 Å². The minimum absolute atomic E-state index is 0.0339. The average Bonchev–Trinajstić information content (AvgIpc) is 2.26. The van der Waals surface area contributed by atoms with Gasteiger partial charge >= 0.3 is 0 Å². The van der Waals surface area contributed by atoms with Gasteiger partial charge in [0.2, 0.25) is 0 Å². The number of aliphatic hydroxyl groups excluding tert-OH is 1. The van der Waals surface area contributed by atoms with Crippen LogP contribution in [0.5, 0.6) is 5.75 Å². The largest absolute Gasteiger partial charge is 0.484 e. The Hall–Kier alpha value is -1.55. The third-order valence-electron chi connectivity index (χ3n) is 2.04. The number of benzene rings is 1. The molecular formula is C12H17NO3. The van der Waals surface area contributed by atoms with Crippen LogP contribution < -0.4 is 10.1 Å². The monoisotopic (exact) mass is 223 g/mol. The standard InChI is InChI=1S/C12H17NO3/c1-9-4-3-5-11(6-9)16-8-12(15)13-10(2)7-14/h3-6,10,14H,7-8H2,1-2H3,(H,13,15). The van der Waals surface area contributed by atoms with Gasteiger partial charge < -0.3 is 15.2 Å². The number of rotatable bonds is 5. The van der Waals surface area contributed by atoms with Crippen LogP contribution in [0.1, 0.15) is 12.5 Å². The summed E-state index contributed by atoms with van der Waals surface area (Å²) in [6, 6.07) is 7.26. The third kappa shape index (κ3) is 4.31. The second-order valence-electron chi connectivity index (χ2n) is 3.76. The minimum atomic E-state index is -0.242. The number of aliphatic hydroxyl groups is 1. The fourth-order valence-electron chi connectivity index (χ4n) is 1.22. The Labute approximate surface area is 95.2 Å². The van der Waals surface area contributed by atoms with Crippen LogP contribution in [0, 0.1) is 6.92 Å². The Kier molecular flexibility index (Phi) is 4.79. The Morgan fingerprint density at radius 3 is 2.94 bits per heavy atom. The minimum Gasteiger partial charge on any atom is -0.484 e. The van der Waals surface area contributed by atoms with Crippen LogP contribution in [-0.4, -0.2) is 30.3 Å². The molecule has 1 amide bonds.